The topological polar surface area (TPSA) is 46.2 Å². The molecule has 0 heterocycles. The van der Waals surface area contributed by atoms with Crippen molar-refractivity contribution in [2.45, 2.75) is 39.2 Å². The first-order valence-electron chi connectivity index (χ1n) is 5.43. The van der Waals surface area contributed by atoms with Crippen LogP contribution in [-0.4, -0.2) is 32.5 Å². The van der Waals surface area contributed by atoms with Crippen molar-refractivity contribution in [1.29, 1.82) is 0 Å². The molecule has 0 aromatic heterocycles. The highest BCUT2D eigenvalue weighted by atomic mass is 32.2. The van der Waals surface area contributed by atoms with Crippen molar-refractivity contribution in [3.05, 3.63) is 0 Å². The van der Waals surface area contributed by atoms with Gasteiger partial charge in [0.1, 0.15) is 0 Å². The van der Waals surface area contributed by atoms with Crippen LogP contribution in [0, 0.1) is 5.92 Å². The van der Waals surface area contributed by atoms with Crippen molar-refractivity contribution in [3.8, 4) is 0 Å². The van der Waals surface area contributed by atoms with Crippen LogP contribution >= 0.6 is 0 Å². The van der Waals surface area contributed by atoms with E-state index in [0.717, 1.165) is 12.8 Å². The van der Waals surface area contributed by atoms with Gasteiger partial charge in [-0.15, -0.1) is 0 Å². The van der Waals surface area contributed by atoms with Crippen LogP contribution in [0.3, 0.4) is 0 Å². The summed E-state index contributed by atoms with van der Waals surface area (Å²) in [6.07, 6.45) is 3.43. The third-order valence-corrected chi connectivity index (χ3v) is 4.49. The molecule has 0 atom stereocenters. The van der Waals surface area contributed by atoms with Crippen molar-refractivity contribution in [2.75, 3.05) is 18.1 Å². The second-order valence-corrected chi connectivity index (χ2v) is 6.75. The first kappa shape index (κ1) is 12.0. The summed E-state index contributed by atoms with van der Waals surface area (Å²) in [6, 6.07) is 0.369. The van der Waals surface area contributed by atoms with E-state index in [4.69, 9.17) is 0 Å². The van der Waals surface area contributed by atoms with E-state index < -0.39 is 9.84 Å². The Bertz CT molecular complexity index is 255. The molecule has 0 radical (unpaired) electrons. The second-order valence-electron chi connectivity index (χ2n) is 4.52. The molecule has 0 amide bonds. The maximum Gasteiger partial charge on any atom is 0.151 e. The molecule has 1 rings (SSSR count). The molecule has 0 bridgehead atoms. The molecular weight excluding hydrogens is 198 g/mol. The van der Waals surface area contributed by atoms with Crippen LogP contribution in [0.1, 0.15) is 33.1 Å². The molecule has 0 unspecified atom stereocenters. The number of nitrogens with one attached hydrogen (secondary N) is 1. The third-order valence-electron chi connectivity index (χ3n) is 2.68. The van der Waals surface area contributed by atoms with Crippen LogP contribution in [0.2, 0.25) is 0 Å². The third kappa shape index (κ3) is 4.42. The zero-order valence-electron chi connectivity index (χ0n) is 9.12. The fourth-order valence-electron chi connectivity index (χ4n) is 1.61. The molecule has 0 aromatic rings. The summed E-state index contributed by atoms with van der Waals surface area (Å²) in [5.74, 6) is 1.16. The van der Waals surface area contributed by atoms with Crippen LogP contribution in [0.15, 0.2) is 0 Å². The number of rotatable bonds is 6. The van der Waals surface area contributed by atoms with Crippen LogP contribution in [0.5, 0.6) is 0 Å². The lowest BCUT2D eigenvalue weighted by Gasteiger charge is -2.24. The summed E-state index contributed by atoms with van der Waals surface area (Å²) >= 11 is 0. The fraction of sp³-hybridized carbons (Fsp3) is 1.00. The molecule has 0 aromatic carbocycles. The highest BCUT2D eigenvalue weighted by Gasteiger charge is 2.24. The van der Waals surface area contributed by atoms with Gasteiger partial charge in [-0.25, -0.2) is 8.42 Å². The van der Waals surface area contributed by atoms with Crippen molar-refractivity contribution < 1.29 is 8.42 Å². The maximum absolute atomic E-state index is 11.6. The molecule has 1 aliphatic carbocycles. The van der Waals surface area contributed by atoms with E-state index in [0.29, 0.717) is 30.0 Å². The van der Waals surface area contributed by atoms with Gasteiger partial charge in [0, 0.05) is 12.6 Å². The molecule has 14 heavy (non-hydrogen) atoms. The highest BCUT2D eigenvalue weighted by molar-refractivity contribution is 7.91. The van der Waals surface area contributed by atoms with Crippen LogP contribution in [-0.2, 0) is 9.84 Å². The molecule has 4 heteroatoms. The summed E-state index contributed by atoms with van der Waals surface area (Å²) in [6.45, 7) is 4.64. The Morgan fingerprint density at radius 3 is 2.43 bits per heavy atom. The van der Waals surface area contributed by atoms with E-state index in [9.17, 15) is 8.42 Å². The summed E-state index contributed by atoms with van der Waals surface area (Å²) in [4.78, 5) is 0. The molecule has 3 nitrogen and oxygen atoms in total. The van der Waals surface area contributed by atoms with Gasteiger partial charge in [-0.05, 0) is 18.8 Å². The lowest BCUT2D eigenvalue weighted by atomic mass is 9.87. The summed E-state index contributed by atoms with van der Waals surface area (Å²) in [5, 5.41) is 3.13. The van der Waals surface area contributed by atoms with Crippen molar-refractivity contribution in [3.63, 3.8) is 0 Å². The monoisotopic (exact) mass is 219 g/mol. The molecule has 1 aliphatic rings. The predicted octanol–water partition coefficient (Wildman–Crippen LogP) is 1.20. The minimum Gasteiger partial charge on any atom is -0.314 e. The molecule has 0 spiro atoms. The molecule has 1 N–H and O–H groups in total. The minimum atomic E-state index is -2.80. The van der Waals surface area contributed by atoms with Gasteiger partial charge in [0.05, 0.1) is 11.5 Å². The van der Waals surface area contributed by atoms with E-state index in [1.165, 1.54) is 6.42 Å². The average molecular weight is 219 g/mol. The van der Waals surface area contributed by atoms with Gasteiger partial charge >= 0.3 is 0 Å². The first-order chi connectivity index (χ1) is 6.49. The van der Waals surface area contributed by atoms with Gasteiger partial charge in [-0.2, -0.15) is 0 Å². The maximum atomic E-state index is 11.6. The molecular formula is C10H21NO2S. The van der Waals surface area contributed by atoms with E-state index in [2.05, 4.69) is 5.32 Å². The zero-order chi connectivity index (χ0) is 10.6. The SMILES string of the molecule is CC(C)NCCS(=O)(=O)CC1CCC1. The largest absolute Gasteiger partial charge is 0.314 e. The Balaban J connectivity index is 2.19. The Kier molecular flexibility index (Phi) is 4.38. The second kappa shape index (κ2) is 5.12. The standard InChI is InChI=1S/C10H21NO2S/c1-9(2)11-6-7-14(12,13)8-10-4-3-5-10/h9-11H,3-8H2,1-2H3. The normalized spacial score (nSPS) is 18.5. The molecule has 84 valence electrons. The first-order valence-corrected chi connectivity index (χ1v) is 7.25. The Labute approximate surface area is 87.2 Å². The Morgan fingerprint density at radius 2 is 2.00 bits per heavy atom. The van der Waals surface area contributed by atoms with Crippen molar-refractivity contribution >= 4 is 9.84 Å². The molecule has 0 saturated heterocycles. The lowest BCUT2D eigenvalue weighted by molar-refractivity contribution is 0.347. The van der Waals surface area contributed by atoms with Gasteiger partial charge in [0.15, 0.2) is 9.84 Å². The van der Waals surface area contributed by atoms with Gasteiger partial charge < -0.3 is 5.32 Å². The van der Waals surface area contributed by atoms with E-state index in [-0.39, 0.29) is 0 Å². The Hall–Kier alpha value is -0.0900. The molecule has 1 fully saturated rings. The number of hydrogen-bond acceptors (Lipinski definition) is 3. The molecule has 1 saturated carbocycles. The van der Waals surface area contributed by atoms with Crippen LogP contribution < -0.4 is 5.32 Å². The summed E-state index contributed by atoms with van der Waals surface area (Å²) in [7, 11) is -2.80. The van der Waals surface area contributed by atoms with E-state index >= 15 is 0 Å². The van der Waals surface area contributed by atoms with E-state index in [1.807, 2.05) is 13.8 Å². The van der Waals surface area contributed by atoms with Crippen LogP contribution in [0.25, 0.3) is 0 Å². The fourth-order valence-corrected chi connectivity index (χ4v) is 3.25. The average Bonchev–Trinajstić information content (AvgIpc) is 1.96. The van der Waals surface area contributed by atoms with Gasteiger partial charge in [0.2, 0.25) is 0 Å². The highest BCUT2D eigenvalue weighted by Crippen LogP contribution is 2.27. The zero-order valence-corrected chi connectivity index (χ0v) is 9.94. The van der Waals surface area contributed by atoms with Gasteiger partial charge in [0.25, 0.3) is 0 Å². The Morgan fingerprint density at radius 1 is 1.36 bits per heavy atom. The van der Waals surface area contributed by atoms with Gasteiger partial charge in [-0.1, -0.05) is 20.3 Å². The van der Waals surface area contributed by atoms with Crippen molar-refractivity contribution in [1.82, 2.24) is 5.32 Å². The summed E-state index contributed by atoms with van der Waals surface area (Å²) in [5.41, 5.74) is 0. The number of sulfone groups is 1. The van der Waals surface area contributed by atoms with Crippen molar-refractivity contribution in [2.24, 2.45) is 5.92 Å². The molecule has 0 aliphatic heterocycles. The predicted molar refractivity (Wildman–Crippen MR) is 59.1 cm³/mol. The lowest BCUT2D eigenvalue weighted by Crippen LogP contribution is -2.31. The minimum absolute atomic E-state index is 0.293. The number of hydrogen-bond donors (Lipinski definition) is 1. The van der Waals surface area contributed by atoms with E-state index in [1.54, 1.807) is 0 Å². The quantitative estimate of drug-likeness (QED) is 0.730. The van der Waals surface area contributed by atoms with Gasteiger partial charge in [-0.3, -0.25) is 0 Å². The summed E-state index contributed by atoms with van der Waals surface area (Å²) < 4.78 is 23.2. The van der Waals surface area contributed by atoms with Crippen LogP contribution in [0.4, 0.5) is 0 Å². The smallest absolute Gasteiger partial charge is 0.151 e.